The largest absolute Gasteiger partial charge is 0.449 e. The standard InChI is InChI=1S/C25H26N2O4/c1-16-14-26-12-10-17(16)24(29)23(28)11-13-27-25(30)31-15-22-20-8-4-2-6-18(20)19-7-3-5-9-21(19)22/h2-10,12,14,22-24,28-29H,11,13,15H2,1H3,(H,27,30). The number of alkyl carbamates (subject to hydrolysis) is 1. The molecule has 1 aromatic heterocycles. The number of hydrogen-bond donors (Lipinski definition) is 3. The van der Waals surface area contributed by atoms with Crippen molar-refractivity contribution in [2.45, 2.75) is 31.5 Å². The molecule has 1 aliphatic rings. The lowest BCUT2D eigenvalue weighted by molar-refractivity contribution is 0.0132. The number of ether oxygens (including phenoxy) is 1. The predicted octanol–water partition coefficient (Wildman–Crippen LogP) is 3.71. The number of nitrogens with one attached hydrogen (secondary N) is 1. The Kier molecular flexibility index (Phi) is 6.30. The summed E-state index contributed by atoms with van der Waals surface area (Å²) in [4.78, 5) is 16.2. The Morgan fingerprint density at radius 1 is 1.06 bits per heavy atom. The number of fused-ring (bicyclic) bond motifs is 3. The van der Waals surface area contributed by atoms with E-state index in [2.05, 4.69) is 34.6 Å². The zero-order chi connectivity index (χ0) is 21.8. The lowest BCUT2D eigenvalue weighted by Gasteiger charge is -2.20. The van der Waals surface area contributed by atoms with E-state index in [1.54, 1.807) is 18.5 Å². The molecule has 0 radical (unpaired) electrons. The summed E-state index contributed by atoms with van der Waals surface area (Å²) in [5.41, 5.74) is 6.10. The van der Waals surface area contributed by atoms with E-state index < -0.39 is 18.3 Å². The van der Waals surface area contributed by atoms with Crippen molar-refractivity contribution in [1.29, 1.82) is 0 Å². The number of nitrogens with zero attached hydrogens (tertiary/aromatic N) is 1. The summed E-state index contributed by atoms with van der Waals surface area (Å²) >= 11 is 0. The molecule has 0 saturated carbocycles. The Balaban J connectivity index is 1.29. The normalized spacial score (nSPS) is 14.4. The van der Waals surface area contributed by atoms with E-state index in [9.17, 15) is 15.0 Å². The molecule has 0 spiro atoms. The van der Waals surface area contributed by atoms with Crippen LogP contribution >= 0.6 is 0 Å². The number of hydrogen-bond acceptors (Lipinski definition) is 5. The molecule has 1 heterocycles. The van der Waals surface area contributed by atoms with Crippen molar-refractivity contribution < 1.29 is 19.7 Å². The van der Waals surface area contributed by atoms with Gasteiger partial charge in [-0.2, -0.15) is 0 Å². The Labute approximate surface area is 181 Å². The molecule has 0 aliphatic heterocycles. The molecule has 6 nitrogen and oxygen atoms in total. The van der Waals surface area contributed by atoms with Gasteiger partial charge >= 0.3 is 6.09 Å². The van der Waals surface area contributed by atoms with Crippen LogP contribution in [0.5, 0.6) is 0 Å². The minimum atomic E-state index is -1.03. The van der Waals surface area contributed by atoms with Crippen LogP contribution in [0.25, 0.3) is 11.1 Å². The Morgan fingerprint density at radius 2 is 1.71 bits per heavy atom. The van der Waals surface area contributed by atoms with E-state index in [1.807, 2.05) is 31.2 Å². The quantitative estimate of drug-likeness (QED) is 0.544. The van der Waals surface area contributed by atoms with Crippen molar-refractivity contribution in [3.63, 3.8) is 0 Å². The van der Waals surface area contributed by atoms with Crippen LogP contribution in [-0.4, -0.2) is 40.5 Å². The van der Waals surface area contributed by atoms with Gasteiger partial charge in [-0.05, 0) is 52.8 Å². The highest BCUT2D eigenvalue weighted by Gasteiger charge is 2.29. The fourth-order valence-electron chi connectivity index (χ4n) is 4.15. The number of rotatable bonds is 7. The maximum atomic E-state index is 12.2. The zero-order valence-electron chi connectivity index (χ0n) is 17.4. The van der Waals surface area contributed by atoms with Crippen LogP contribution in [0.4, 0.5) is 4.79 Å². The van der Waals surface area contributed by atoms with Gasteiger partial charge in [0.25, 0.3) is 0 Å². The number of carbonyl (C=O) groups excluding carboxylic acids is 1. The Hall–Kier alpha value is -3.22. The smallest absolute Gasteiger partial charge is 0.407 e. The van der Waals surface area contributed by atoms with Crippen molar-refractivity contribution in [2.75, 3.05) is 13.2 Å². The highest BCUT2D eigenvalue weighted by Crippen LogP contribution is 2.44. The van der Waals surface area contributed by atoms with Crippen LogP contribution in [0.2, 0.25) is 0 Å². The number of aliphatic hydroxyl groups is 2. The number of aromatic nitrogens is 1. The van der Waals surface area contributed by atoms with Crippen molar-refractivity contribution in [2.24, 2.45) is 0 Å². The molecule has 1 amide bonds. The minimum absolute atomic E-state index is 0.000211. The van der Waals surface area contributed by atoms with E-state index in [1.165, 1.54) is 11.1 Å². The summed E-state index contributed by atoms with van der Waals surface area (Å²) in [7, 11) is 0. The van der Waals surface area contributed by atoms with Gasteiger partial charge in [-0.3, -0.25) is 4.98 Å². The van der Waals surface area contributed by atoms with Crippen LogP contribution in [0, 0.1) is 6.92 Å². The summed E-state index contributed by atoms with van der Waals surface area (Å²) in [5.74, 6) is 0.000211. The first kappa shape index (κ1) is 21.0. The average molecular weight is 418 g/mol. The van der Waals surface area contributed by atoms with E-state index in [4.69, 9.17) is 4.74 Å². The molecule has 3 N–H and O–H groups in total. The second-order valence-corrected chi connectivity index (χ2v) is 7.79. The summed E-state index contributed by atoms with van der Waals surface area (Å²) < 4.78 is 5.48. The van der Waals surface area contributed by atoms with Gasteiger partial charge in [0.1, 0.15) is 12.7 Å². The maximum absolute atomic E-state index is 12.2. The molecule has 1 aliphatic carbocycles. The third kappa shape index (κ3) is 4.45. The SMILES string of the molecule is Cc1cnccc1C(O)C(O)CCNC(=O)OCC1c2ccccc2-c2ccccc21. The number of carbonyl (C=O) groups is 1. The lowest BCUT2D eigenvalue weighted by atomic mass is 9.98. The zero-order valence-corrected chi connectivity index (χ0v) is 17.4. The molecule has 2 unspecified atom stereocenters. The molecule has 0 fully saturated rings. The molecular formula is C25H26N2O4. The van der Waals surface area contributed by atoms with Crippen LogP contribution in [0.3, 0.4) is 0 Å². The van der Waals surface area contributed by atoms with E-state index in [-0.39, 0.29) is 25.5 Å². The van der Waals surface area contributed by atoms with Gasteiger partial charge in [-0.15, -0.1) is 0 Å². The summed E-state index contributed by atoms with van der Waals surface area (Å²) in [6.07, 6.45) is 0.839. The number of amides is 1. The predicted molar refractivity (Wildman–Crippen MR) is 118 cm³/mol. The van der Waals surface area contributed by atoms with Gasteiger partial charge < -0.3 is 20.3 Å². The van der Waals surface area contributed by atoms with Gasteiger partial charge in [0, 0.05) is 24.9 Å². The van der Waals surface area contributed by atoms with E-state index in [0.717, 1.165) is 16.7 Å². The first-order chi connectivity index (χ1) is 15.1. The monoisotopic (exact) mass is 418 g/mol. The van der Waals surface area contributed by atoms with Gasteiger partial charge in [-0.25, -0.2) is 4.79 Å². The van der Waals surface area contributed by atoms with Gasteiger partial charge in [0.15, 0.2) is 0 Å². The fraction of sp³-hybridized carbons (Fsp3) is 0.280. The van der Waals surface area contributed by atoms with Crippen LogP contribution < -0.4 is 5.32 Å². The Morgan fingerprint density at radius 3 is 2.35 bits per heavy atom. The lowest BCUT2D eigenvalue weighted by Crippen LogP contribution is -2.30. The summed E-state index contributed by atoms with van der Waals surface area (Å²) in [5, 5.41) is 23.3. The Bertz CT molecular complexity index is 1020. The molecule has 3 aromatic rings. The van der Waals surface area contributed by atoms with E-state index >= 15 is 0 Å². The molecule has 2 atom stereocenters. The molecular weight excluding hydrogens is 392 g/mol. The second kappa shape index (κ2) is 9.29. The number of aliphatic hydroxyl groups excluding tert-OH is 2. The van der Waals surface area contributed by atoms with Crippen molar-refractivity contribution in [3.8, 4) is 11.1 Å². The first-order valence-corrected chi connectivity index (χ1v) is 10.4. The summed E-state index contributed by atoms with van der Waals surface area (Å²) in [6, 6.07) is 18.0. The maximum Gasteiger partial charge on any atom is 0.407 e. The van der Waals surface area contributed by atoms with E-state index in [0.29, 0.717) is 5.56 Å². The number of aryl methyl sites for hydroxylation is 1. The van der Waals surface area contributed by atoms with Crippen LogP contribution in [0.15, 0.2) is 67.0 Å². The molecule has 0 bridgehead atoms. The van der Waals surface area contributed by atoms with Crippen molar-refractivity contribution in [3.05, 3.63) is 89.2 Å². The molecule has 160 valence electrons. The van der Waals surface area contributed by atoms with Crippen molar-refractivity contribution >= 4 is 6.09 Å². The van der Waals surface area contributed by atoms with Gasteiger partial charge in [0.05, 0.1) is 6.10 Å². The number of benzene rings is 2. The molecule has 6 heteroatoms. The van der Waals surface area contributed by atoms with Crippen LogP contribution in [0.1, 0.15) is 40.7 Å². The second-order valence-electron chi connectivity index (χ2n) is 7.79. The topological polar surface area (TPSA) is 91.7 Å². The number of pyridine rings is 1. The first-order valence-electron chi connectivity index (χ1n) is 10.4. The third-order valence-electron chi connectivity index (χ3n) is 5.80. The third-order valence-corrected chi connectivity index (χ3v) is 5.80. The van der Waals surface area contributed by atoms with Gasteiger partial charge in [-0.1, -0.05) is 48.5 Å². The molecule has 2 aromatic carbocycles. The van der Waals surface area contributed by atoms with Gasteiger partial charge in [0.2, 0.25) is 0 Å². The molecule has 0 saturated heterocycles. The minimum Gasteiger partial charge on any atom is -0.449 e. The highest BCUT2D eigenvalue weighted by molar-refractivity contribution is 5.79. The average Bonchev–Trinajstić information content (AvgIpc) is 3.11. The fourth-order valence-corrected chi connectivity index (χ4v) is 4.15. The molecule has 31 heavy (non-hydrogen) atoms. The van der Waals surface area contributed by atoms with Crippen molar-refractivity contribution in [1.82, 2.24) is 10.3 Å². The highest BCUT2D eigenvalue weighted by atomic mass is 16.5. The molecule has 4 rings (SSSR count). The van der Waals surface area contributed by atoms with Crippen LogP contribution in [-0.2, 0) is 4.74 Å². The summed E-state index contributed by atoms with van der Waals surface area (Å²) in [6.45, 7) is 2.26.